The van der Waals surface area contributed by atoms with Gasteiger partial charge in [0.05, 0.1) is 0 Å². The normalized spacial score (nSPS) is 17.6. The molecule has 1 aliphatic carbocycles. The van der Waals surface area contributed by atoms with Crippen molar-refractivity contribution in [1.82, 2.24) is 0 Å². The van der Waals surface area contributed by atoms with Crippen molar-refractivity contribution in [3.63, 3.8) is 0 Å². The zero-order chi connectivity index (χ0) is 12.8. The highest BCUT2D eigenvalue weighted by atomic mass is 14.6. The smallest absolute Gasteiger partial charge is 0.00388 e. The second kappa shape index (κ2) is 14.9. The molecular formula is C14H34N2. The summed E-state index contributed by atoms with van der Waals surface area (Å²) < 4.78 is 0. The van der Waals surface area contributed by atoms with E-state index in [9.17, 15) is 0 Å². The topological polar surface area (TPSA) is 52.0 Å². The van der Waals surface area contributed by atoms with Gasteiger partial charge in [0.15, 0.2) is 0 Å². The van der Waals surface area contributed by atoms with Gasteiger partial charge in [-0.2, -0.15) is 0 Å². The summed E-state index contributed by atoms with van der Waals surface area (Å²) in [6, 6.07) is 0.939. The van der Waals surface area contributed by atoms with E-state index in [1.54, 1.807) is 0 Å². The summed E-state index contributed by atoms with van der Waals surface area (Å²) in [5, 5.41) is 0. The van der Waals surface area contributed by atoms with Crippen molar-refractivity contribution in [2.75, 3.05) is 0 Å². The third-order valence-corrected chi connectivity index (χ3v) is 2.66. The Morgan fingerprint density at radius 1 is 1.12 bits per heavy atom. The van der Waals surface area contributed by atoms with Gasteiger partial charge in [-0.25, -0.2) is 0 Å². The van der Waals surface area contributed by atoms with Crippen LogP contribution in [0.5, 0.6) is 0 Å². The molecule has 2 nitrogen and oxygen atoms in total. The molecule has 0 bridgehead atoms. The molecular weight excluding hydrogens is 196 g/mol. The van der Waals surface area contributed by atoms with E-state index in [2.05, 4.69) is 13.8 Å². The second-order valence-corrected chi connectivity index (χ2v) is 4.52. The molecule has 0 aromatic carbocycles. The van der Waals surface area contributed by atoms with Gasteiger partial charge in [0, 0.05) is 12.1 Å². The van der Waals surface area contributed by atoms with Gasteiger partial charge in [0.1, 0.15) is 0 Å². The molecule has 16 heavy (non-hydrogen) atoms. The van der Waals surface area contributed by atoms with Crippen LogP contribution in [0.3, 0.4) is 0 Å². The minimum absolute atomic E-state index is 0.403. The van der Waals surface area contributed by atoms with Crippen LogP contribution in [0, 0.1) is 0 Å². The van der Waals surface area contributed by atoms with Gasteiger partial charge in [0.2, 0.25) is 0 Å². The zero-order valence-electron chi connectivity index (χ0n) is 12.0. The molecule has 1 saturated carbocycles. The molecule has 1 fully saturated rings. The molecule has 0 aromatic heterocycles. The first kappa shape index (κ1) is 18.3. The van der Waals surface area contributed by atoms with Gasteiger partial charge in [-0.05, 0) is 26.2 Å². The molecule has 0 spiro atoms. The predicted molar refractivity (Wildman–Crippen MR) is 75.6 cm³/mol. The van der Waals surface area contributed by atoms with Gasteiger partial charge in [-0.15, -0.1) is 0 Å². The van der Waals surface area contributed by atoms with Crippen molar-refractivity contribution in [2.24, 2.45) is 11.5 Å². The highest BCUT2D eigenvalue weighted by Crippen LogP contribution is 2.14. The van der Waals surface area contributed by atoms with Crippen LogP contribution in [-0.4, -0.2) is 12.1 Å². The summed E-state index contributed by atoms with van der Waals surface area (Å²) in [6.07, 6.45) is 10.4. The first-order chi connectivity index (χ1) is 7.66. The van der Waals surface area contributed by atoms with Crippen LogP contribution in [0.2, 0.25) is 0 Å². The van der Waals surface area contributed by atoms with Gasteiger partial charge < -0.3 is 11.5 Å². The molecule has 1 rings (SSSR count). The summed E-state index contributed by atoms with van der Waals surface area (Å²) in [7, 11) is 0. The lowest BCUT2D eigenvalue weighted by Crippen LogP contribution is -2.22. The van der Waals surface area contributed by atoms with Crippen molar-refractivity contribution in [1.29, 1.82) is 0 Å². The SMILES string of the molecule is CC.CCCCC(C)N.NC1CCCCC1. The molecule has 0 aromatic rings. The minimum atomic E-state index is 0.403. The quantitative estimate of drug-likeness (QED) is 0.774. The van der Waals surface area contributed by atoms with E-state index in [4.69, 9.17) is 11.5 Å². The number of hydrogen-bond donors (Lipinski definition) is 2. The number of rotatable bonds is 3. The van der Waals surface area contributed by atoms with Gasteiger partial charge >= 0.3 is 0 Å². The summed E-state index contributed by atoms with van der Waals surface area (Å²) >= 11 is 0. The summed E-state index contributed by atoms with van der Waals surface area (Å²) in [4.78, 5) is 0. The average Bonchev–Trinajstić information content (AvgIpc) is 2.31. The third kappa shape index (κ3) is 16.4. The van der Waals surface area contributed by atoms with Crippen LogP contribution in [0.4, 0.5) is 0 Å². The second-order valence-electron chi connectivity index (χ2n) is 4.52. The van der Waals surface area contributed by atoms with E-state index in [-0.39, 0.29) is 0 Å². The molecule has 2 heteroatoms. The van der Waals surface area contributed by atoms with E-state index in [1.807, 2.05) is 13.8 Å². The molecule has 4 N–H and O–H groups in total. The Labute approximate surface area is 103 Å². The largest absolute Gasteiger partial charge is 0.328 e. The van der Waals surface area contributed by atoms with Crippen LogP contribution in [-0.2, 0) is 0 Å². The maximum atomic E-state index is 5.63. The Kier molecular flexibility index (Phi) is 17.1. The number of nitrogens with two attached hydrogens (primary N) is 2. The van der Waals surface area contributed by atoms with Crippen LogP contribution in [0.15, 0.2) is 0 Å². The molecule has 0 amide bonds. The van der Waals surface area contributed by atoms with Gasteiger partial charge in [0.25, 0.3) is 0 Å². The fraction of sp³-hybridized carbons (Fsp3) is 1.00. The summed E-state index contributed by atoms with van der Waals surface area (Å²) in [5.74, 6) is 0. The predicted octanol–water partition coefficient (Wildman–Crippen LogP) is 3.83. The first-order valence-corrected chi connectivity index (χ1v) is 7.18. The van der Waals surface area contributed by atoms with Crippen LogP contribution in [0.25, 0.3) is 0 Å². The fourth-order valence-electron chi connectivity index (χ4n) is 1.66. The van der Waals surface area contributed by atoms with E-state index >= 15 is 0 Å². The third-order valence-electron chi connectivity index (χ3n) is 2.66. The standard InChI is InChI=1S/C6H13N.C6H15N.C2H6/c7-6-4-2-1-3-5-6;1-3-4-5-6(2)7;1-2/h6H,1-5,7H2;6H,3-5,7H2,1-2H3;1-2H3. The number of unbranched alkanes of at least 4 members (excludes halogenated alkanes) is 1. The molecule has 0 radical (unpaired) electrons. The van der Waals surface area contributed by atoms with Crippen molar-refractivity contribution in [3.05, 3.63) is 0 Å². The minimum Gasteiger partial charge on any atom is -0.328 e. The number of hydrogen-bond acceptors (Lipinski definition) is 2. The van der Waals surface area contributed by atoms with Gasteiger partial charge in [-0.1, -0.05) is 52.9 Å². The highest BCUT2D eigenvalue weighted by Gasteiger charge is 2.06. The molecule has 0 heterocycles. The Morgan fingerprint density at radius 3 is 1.81 bits per heavy atom. The molecule has 1 atom stereocenters. The molecule has 0 saturated heterocycles. The molecule has 1 unspecified atom stereocenters. The Balaban J connectivity index is 0. The maximum Gasteiger partial charge on any atom is 0.00388 e. The fourth-order valence-corrected chi connectivity index (χ4v) is 1.66. The van der Waals surface area contributed by atoms with E-state index in [0.717, 1.165) is 0 Å². The summed E-state index contributed by atoms with van der Waals surface area (Å²) in [6.45, 7) is 8.23. The van der Waals surface area contributed by atoms with Crippen molar-refractivity contribution in [2.45, 2.75) is 91.1 Å². The van der Waals surface area contributed by atoms with E-state index in [0.29, 0.717) is 12.1 Å². The Morgan fingerprint density at radius 2 is 1.62 bits per heavy atom. The van der Waals surface area contributed by atoms with Crippen molar-refractivity contribution in [3.8, 4) is 0 Å². The Bertz CT molecular complexity index is 107. The molecule has 1 aliphatic rings. The van der Waals surface area contributed by atoms with E-state index in [1.165, 1.54) is 51.4 Å². The molecule has 100 valence electrons. The first-order valence-electron chi connectivity index (χ1n) is 7.18. The molecule has 0 aliphatic heterocycles. The van der Waals surface area contributed by atoms with Crippen LogP contribution in [0.1, 0.15) is 79.1 Å². The van der Waals surface area contributed by atoms with Crippen LogP contribution < -0.4 is 11.5 Å². The summed E-state index contributed by atoms with van der Waals surface area (Å²) in [5.41, 5.74) is 11.1. The van der Waals surface area contributed by atoms with Crippen LogP contribution >= 0.6 is 0 Å². The van der Waals surface area contributed by atoms with Crippen molar-refractivity contribution >= 4 is 0 Å². The lowest BCUT2D eigenvalue weighted by molar-refractivity contribution is 0.441. The van der Waals surface area contributed by atoms with Gasteiger partial charge in [-0.3, -0.25) is 0 Å². The Hall–Kier alpha value is -0.0800. The van der Waals surface area contributed by atoms with E-state index < -0.39 is 0 Å². The highest BCUT2D eigenvalue weighted by molar-refractivity contribution is 4.66. The monoisotopic (exact) mass is 230 g/mol. The lowest BCUT2D eigenvalue weighted by Gasteiger charge is -2.15. The maximum absolute atomic E-state index is 5.63. The van der Waals surface area contributed by atoms with Crippen molar-refractivity contribution < 1.29 is 0 Å². The lowest BCUT2D eigenvalue weighted by atomic mass is 9.97. The zero-order valence-corrected chi connectivity index (χ0v) is 12.0. The average molecular weight is 230 g/mol.